The zero-order valence-corrected chi connectivity index (χ0v) is 18.7. The van der Waals surface area contributed by atoms with Crippen LogP contribution < -0.4 is 4.90 Å². The predicted molar refractivity (Wildman–Crippen MR) is 130 cm³/mol. The van der Waals surface area contributed by atoms with Gasteiger partial charge in [0.05, 0.1) is 0 Å². The molecule has 5 nitrogen and oxygen atoms in total. The number of benzene rings is 1. The number of nitrogens with zero attached hydrogens (tertiary/aromatic N) is 5. The standard InChI is InChI=1S/C25H21ClFN5/c1-4-18(21-15-31-25(32(2)3)22-14-28-11-9-19(21)22)20-6-5-10-29-24(20)30-13-16-12-17(26)7-8-23(16)27/h4-15H,1-3H3/b18-4+,30-13?. The molecule has 7 heteroatoms. The zero-order valence-electron chi connectivity index (χ0n) is 17.9. The Balaban J connectivity index is 1.84. The van der Waals surface area contributed by atoms with E-state index in [1.807, 2.05) is 62.6 Å². The van der Waals surface area contributed by atoms with E-state index in [1.165, 1.54) is 24.4 Å². The fourth-order valence-electron chi connectivity index (χ4n) is 3.55. The van der Waals surface area contributed by atoms with Gasteiger partial charge in [0.25, 0.3) is 0 Å². The van der Waals surface area contributed by atoms with Gasteiger partial charge in [-0.15, -0.1) is 0 Å². The second-order valence-electron chi connectivity index (χ2n) is 7.31. The highest BCUT2D eigenvalue weighted by molar-refractivity contribution is 6.30. The van der Waals surface area contributed by atoms with Crippen molar-refractivity contribution in [1.82, 2.24) is 15.0 Å². The highest BCUT2D eigenvalue weighted by atomic mass is 35.5. The fraction of sp³-hybridized carbons (Fsp3) is 0.120. The second kappa shape index (κ2) is 9.24. The van der Waals surface area contributed by atoms with Crippen LogP contribution in [0.25, 0.3) is 16.3 Å². The maximum atomic E-state index is 14.1. The van der Waals surface area contributed by atoms with Crippen molar-refractivity contribution in [2.45, 2.75) is 6.92 Å². The molecule has 0 atom stereocenters. The summed E-state index contributed by atoms with van der Waals surface area (Å²) in [7, 11) is 3.90. The molecule has 0 aliphatic rings. The third-order valence-electron chi connectivity index (χ3n) is 5.03. The molecule has 0 unspecified atom stereocenters. The summed E-state index contributed by atoms with van der Waals surface area (Å²) >= 11 is 6.00. The molecule has 3 heterocycles. The molecule has 1 aromatic carbocycles. The second-order valence-corrected chi connectivity index (χ2v) is 7.75. The summed E-state index contributed by atoms with van der Waals surface area (Å²) in [5.41, 5.74) is 2.97. The van der Waals surface area contributed by atoms with Crippen LogP contribution in [-0.4, -0.2) is 35.3 Å². The summed E-state index contributed by atoms with van der Waals surface area (Å²) in [4.78, 5) is 19.8. The SMILES string of the molecule is C/C=C(\c1cccnc1N=Cc1cc(Cl)ccc1F)c1cnc(N(C)C)c2cnccc12. The third kappa shape index (κ3) is 4.22. The Morgan fingerprint density at radius 2 is 1.88 bits per heavy atom. The predicted octanol–water partition coefficient (Wildman–Crippen LogP) is 6.09. The number of hydrogen-bond acceptors (Lipinski definition) is 5. The lowest BCUT2D eigenvalue weighted by Crippen LogP contribution is -2.11. The van der Waals surface area contributed by atoms with Crippen LogP contribution in [0.4, 0.5) is 16.0 Å². The molecule has 0 radical (unpaired) electrons. The molecule has 0 amide bonds. The van der Waals surface area contributed by atoms with E-state index in [4.69, 9.17) is 11.6 Å². The van der Waals surface area contributed by atoms with Crippen molar-refractivity contribution in [1.29, 1.82) is 0 Å². The van der Waals surface area contributed by atoms with Crippen LogP contribution >= 0.6 is 11.6 Å². The molecule has 4 rings (SSSR count). The van der Waals surface area contributed by atoms with Gasteiger partial charge in [-0.25, -0.2) is 19.4 Å². The maximum Gasteiger partial charge on any atom is 0.159 e. The molecule has 0 saturated heterocycles. The number of allylic oxidation sites excluding steroid dienone is 1. The zero-order chi connectivity index (χ0) is 22.7. The number of pyridine rings is 3. The van der Waals surface area contributed by atoms with Gasteiger partial charge in [0, 0.05) is 72.2 Å². The average Bonchev–Trinajstić information content (AvgIpc) is 2.80. The minimum Gasteiger partial charge on any atom is -0.362 e. The van der Waals surface area contributed by atoms with E-state index in [1.54, 1.807) is 12.4 Å². The lowest BCUT2D eigenvalue weighted by molar-refractivity contribution is 0.626. The van der Waals surface area contributed by atoms with Gasteiger partial charge < -0.3 is 4.90 Å². The monoisotopic (exact) mass is 445 g/mol. The van der Waals surface area contributed by atoms with Crippen molar-refractivity contribution >= 4 is 45.8 Å². The molecule has 0 bridgehead atoms. The number of fused-ring (bicyclic) bond motifs is 1. The number of halogens is 2. The van der Waals surface area contributed by atoms with Crippen molar-refractivity contribution in [2.75, 3.05) is 19.0 Å². The van der Waals surface area contributed by atoms with Gasteiger partial charge in [0.2, 0.25) is 0 Å². The van der Waals surface area contributed by atoms with Gasteiger partial charge >= 0.3 is 0 Å². The Morgan fingerprint density at radius 3 is 2.66 bits per heavy atom. The van der Waals surface area contributed by atoms with Crippen molar-refractivity contribution in [3.8, 4) is 0 Å². The third-order valence-corrected chi connectivity index (χ3v) is 5.27. The molecule has 32 heavy (non-hydrogen) atoms. The van der Waals surface area contributed by atoms with E-state index >= 15 is 0 Å². The Kier molecular flexibility index (Phi) is 6.23. The largest absolute Gasteiger partial charge is 0.362 e. The molecule has 0 fully saturated rings. The number of hydrogen-bond donors (Lipinski definition) is 0. The van der Waals surface area contributed by atoms with Crippen LogP contribution in [0.2, 0.25) is 5.02 Å². The first kappa shape index (κ1) is 21.6. The first-order chi connectivity index (χ1) is 15.5. The number of aromatic nitrogens is 3. The Hall–Kier alpha value is -3.64. The Bertz CT molecular complexity index is 1350. The van der Waals surface area contributed by atoms with Crippen LogP contribution in [0.5, 0.6) is 0 Å². The van der Waals surface area contributed by atoms with E-state index in [2.05, 4.69) is 19.9 Å². The van der Waals surface area contributed by atoms with Crippen LogP contribution in [0.3, 0.4) is 0 Å². The molecule has 0 saturated carbocycles. The first-order valence-electron chi connectivity index (χ1n) is 10.0. The quantitative estimate of drug-likeness (QED) is 0.349. The summed E-state index contributed by atoms with van der Waals surface area (Å²) in [6.07, 6.45) is 10.5. The van der Waals surface area contributed by atoms with Gasteiger partial charge in [-0.2, -0.15) is 0 Å². The van der Waals surface area contributed by atoms with E-state index < -0.39 is 5.82 Å². The summed E-state index contributed by atoms with van der Waals surface area (Å²) in [6, 6.07) is 10.1. The van der Waals surface area contributed by atoms with Gasteiger partial charge in [-0.05, 0) is 54.3 Å². The lowest BCUT2D eigenvalue weighted by atomic mass is 9.95. The molecule has 160 valence electrons. The van der Waals surface area contributed by atoms with Gasteiger partial charge in [-0.1, -0.05) is 17.7 Å². The van der Waals surface area contributed by atoms with Crippen LogP contribution in [0.1, 0.15) is 23.6 Å². The highest BCUT2D eigenvalue weighted by Crippen LogP contribution is 2.35. The summed E-state index contributed by atoms with van der Waals surface area (Å²) in [6.45, 7) is 1.96. The average molecular weight is 446 g/mol. The number of anilines is 1. The summed E-state index contributed by atoms with van der Waals surface area (Å²) < 4.78 is 14.1. The molecule has 0 aliphatic heterocycles. The normalized spacial score (nSPS) is 12.0. The summed E-state index contributed by atoms with van der Waals surface area (Å²) in [5, 5.41) is 2.41. The van der Waals surface area contributed by atoms with Crippen molar-refractivity contribution in [3.63, 3.8) is 0 Å². The fourth-order valence-corrected chi connectivity index (χ4v) is 3.73. The molecule has 3 aromatic heterocycles. The van der Waals surface area contributed by atoms with Crippen LogP contribution in [0, 0.1) is 5.82 Å². The van der Waals surface area contributed by atoms with E-state index in [-0.39, 0.29) is 0 Å². The maximum absolute atomic E-state index is 14.1. The smallest absolute Gasteiger partial charge is 0.159 e. The molecule has 0 spiro atoms. The first-order valence-corrected chi connectivity index (χ1v) is 10.4. The minimum absolute atomic E-state index is 0.296. The van der Waals surface area contributed by atoms with Gasteiger partial charge in [0.1, 0.15) is 11.6 Å². The van der Waals surface area contributed by atoms with Gasteiger partial charge in [0.15, 0.2) is 5.82 Å². The Labute approximate surface area is 191 Å². The molecule has 0 N–H and O–H groups in total. The molecular weight excluding hydrogens is 425 g/mol. The molecule has 0 aliphatic carbocycles. The number of aliphatic imine (C=N–C) groups is 1. The molecular formula is C25H21ClFN5. The Morgan fingerprint density at radius 1 is 1.03 bits per heavy atom. The van der Waals surface area contributed by atoms with Crippen molar-refractivity contribution in [3.05, 3.63) is 94.8 Å². The summed E-state index contributed by atoms with van der Waals surface area (Å²) in [5.74, 6) is 0.913. The lowest BCUT2D eigenvalue weighted by Gasteiger charge is -2.17. The van der Waals surface area contributed by atoms with E-state index in [0.717, 1.165) is 33.3 Å². The topological polar surface area (TPSA) is 54.3 Å². The number of rotatable bonds is 5. The minimum atomic E-state index is -0.399. The highest BCUT2D eigenvalue weighted by Gasteiger charge is 2.16. The van der Waals surface area contributed by atoms with E-state index in [9.17, 15) is 4.39 Å². The van der Waals surface area contributed by atoms with Crippen molar-refractivity contribution in [2.24, 2.45) is 4.99 Å². The molecule has 4 aromatic rings. The van der Waals surface area contributed by atoms with Gasteiger partial charge in [-0.3, -0.25) is 4.98 Å². The van der Waals surface area contributed by atoms with Crippen molar-refractivity contribution < 1.29 is 4.39 Å². The van der Waals surface area contributed by atoms with Crippen LogP contribution in [-0.2, 0) is 0 Å². The van der Waals surface area contributed by atoms with Crippen LogP contribution in [0.15, 0.2) is 72.3 Å². The van der Waals surface area contributed by atoms with E-state index in [0.29, 0.717) is 16.4 Å².